The molecule has 1 aromatic carbocycles. The van der Waals surface area contributed by atoms with Crippen LogP contribution in [0.5, 0.6) is 0 Å². The lowest BCUT2D eigenvalue weighted by atomic mass is 10.3. The van der Waals surface area contributed by atoms with Gasteiger partial charge in [-0.2, -0.15) is 0 Å². The molecule has 0 unspecified atom stereocenters. The van der Waals surface area contributed by atoms with Gasteiger partial charge in [0.25, 0.3) is 0 Å². The van der Waals surface area contributed by atoms with Gasteiger partial charge in [0.15, 0.2) is 0 Å². The van der Waals surface area contributed by atoms with Gasteiger partial charge in [0, 0.05) is 22.4 Å². The molecule has 0 aliphatic heterocycles. The molecule has 1 aliphatic carbocycles. The van der Waals surface area contributed by atoms with Gasteiger partial charge < -0.3 is 5.32 Å². The van der Waals surface area contributed by atoms with Gasteiger partial charge in [0.2, 0.25) is 0 Å². The molecule has 0 heterocycles. The van der Waals surface area contributed by atoms with Crippen molar-refractivity contribution in [2.45, 2.75) is 23.8 Å². The molecular weight excluding hydrogens is 190 g/mol. The summed E-state index contributed by atoms with van der Waals surface area (Å²) in [4.78, 5) is 1.33. The Morgan fingerprint density at radius 2 is 2.21 bits per heavy atom. The summed E-state index contributed by atoms with van der Waals surface area (Å²) in [7, 11) is 0. The molecule has 1 nitrogen and oxygen atoms in total. The van der Waals surface area contributed by atoms with Gasteiger partial charge in [-0.3, -0.25) is 0 Å². The van der Waals surface area contributed by atoms with Crippen molar-refractivity contribution < 1.29 is 0 Å². The molecule has 1 aliphatic rings. The molecule has 0 aromatic heterocycles. The Morgan fingerprint density at radius 1 is 1.43 bits per heavy atom. The first-order valence-corrected chi connectivity index (χ1v) is 5.98. The van der Waals surface area contributed by atoms with Crippen LogP contribution in [0.1, 0.15) is 12.8 Å². The molecule has 0 spiro atoms. The van der Waals surface area contributed by atoms with E-state index < -0.39 is 0 Å². The fourth-order valence-corrected chi connectivity index (χ4v) is 2.06. The zero-order chi connectivity index (χ0) is 9.80. The van der Waals surface area contributed by atoms with E-state index in [1.165, 1.54) is 23.4 Å². The molecule has 0 saturated heterocycles. The minimum absolute atomic E-state index is 0.723. The highest BCUT2D eigenvalue weighted by Gasteiger charge is 2.21. The molecule has 1 fully saturated rings. The average Bonchev–Trinajstić information content (AvgIpc) is 3.01. The molecule has 1 saturated carbocycles. The summed E-state index contributed by atoms with van der Waals surface area (Å²) in [5, 5.41) is 3.54. The molecule has 74 valence electrons. The Kier molecular flexibility index (Phi) is 3.14. The number of nitrogens with one attached hydrogen (secondary N) is 1. The minimum Gasteiger partial charge on any atom is -0.381 e. The van der Waals surface area contributed by atoms with Crippen LogP contribution < -0.4 is 5.32 Å². The predicted molar refractivity (Wildman–Crippen MR) is 64.0 cm³/mol. The number of para-hydroxylation sites is 1. The largest absolute Gasteiger partial charge is 0.381 e. The second-order valence-electron chi connectivity index (χ2n) is 3.51. The molecular formula is C12H15NS. The van der Waals surface area contributed by atoms with Crippen LogP contribution in [0.15, 0.2) is 41.8 Å². The predicted octanol–water partition coefficient (Wildman–Crippen LogP) is 3.54. The standard InChI is InChI=1S/C12H15NS/c1-2-9-14-12-6-4-3-5-11(12)13-10-7-8-10/h2-6,10,13H,1,7-9H2. The first-order valence-electron chi connectivity index (χ1n) is 4.99. The van der Waals surface area contributed by atoms with Crippen LogP contribution in [0.4, 0.5) is 5.69 Å². The molecule has 0 atom stereocenters. The minimum atomic E-state index is 0.723. The first-order chi connectivity index (χ1) is 6.90. The van der Waals surface area contributed by atoms with E-state index in [0.29, 0.717) is 0 Å². The first kappa shape index (κ1) is 9.66. The van der Waals surface area contributed by atoms with E-state index in [1.54, 1.807) is 0 Å². The summed E-state index contributed by atoms with van der Waals surface area (Å²) in [5.41, 5.74) is 1.28. The van der Waals surface area contributed by atoms with Crippen LogP contribution in [-0.2, 0) is 0 Å². The molecule has 2 rings (SSSR count). The van der Waals surface area contributed by atoms with Gasteiger partial charge in [0.05, 0.1) is 0 Å². The molecule has 0 radical (unpaired) electrons. The van der Waals surface area contributed by atoms with Crippen molar-refractivity contribution in [2.24, 2.45) is 0 Å². The SMILES string of the molecule is C=CCSc1ccccc1NC1CC1. The van der Waals surface area contributed by atoms with Gasteiger partial charge in [-0.05, 0) is 25.0 Å². The van der Waals surface area contributed by atoms with Crippen molar-refractivity contribution in [3.05, 3.63) is 36.9 Å². The van der Waals surface area contributed by atoms with Crippen LogP contribution in [0.25, 0.3) is 0 Å². The monoisotopic (exact) mass is 205 g/mol. The summed E-state index contributed by atoms with van der Waals surface area (Å²) in [5.74, 6) is 0.976. The summed E-state index contributed by atoms with van der Waals surface area (Å²) in [6.07, 6.45) is 4.58. The Balaban J connectivity index is 2.05. The molecule has 0 bridgehead atoms. The fraction of sp³-hybridized carbons (Fsp3) is 0.333. The van der Waals surface area contributed by atoms with Gasteiger partial charge >= 0.3 is 0 Å². The molecule has 1 N–H and O–H groups in total. The molecule has 1 aromatic rings. The van der Waals surface area contributed by atoms with Crippen molar-refractivity contribution in [1.82, 2.24) is 0 Å². The lowest BCUT2D eigenvalue weighted by molar-refractivity contribution is 1.14. The maximum absolute atomic E-state index is 3.74. The molecule has 2 heteroatoms. The van der Waals surface area contributed by atoms with Gasteiger partial charge in [-0.25, -0.2) is 0 Å². The average molecular weight is 205 g/mol. The van der Waals surface area contributed by atoms with Crippen molar-refractivity contribution in [2.75, 3.05) is 11.1 Å². The Bertz CT molecular complexity index is 318. The van der Waals surface area contributed by atoms with Crippen molar-refractivity contribution >= 4 is 17.4 Å². The summed E-state index contributed by atoms with van der Waals surface area (Å²) < 4.78 is 0. The Hall–Kier alpha value is -0.890. The van der Waals surface area contributed by atoms with E-state index >= 15 is 0 Å². The maximum atomic E-state index is 3.74. The van der Waals surface area contributed by atoms with Crippen LogP contribution in [0, 0.1) is 0 Å². The Morgan fingerprint density at radius 3 is 2.93 bits per heavy atom. The quantitative estimate of drug-likeness (QED) is 0.583. The van der Waals surface area contributed by atoms with Crippen LogP contribution in [0.2, 0.25) is 0 Å². The smallest absolute Gasteiger partial charge is 0.0480 e. The lowest BCUT2D eigenvalue weighted by Crippen LogP contribution is -2.01. The van der Waals surface area contributed by atoms with E-state index in [1.807, 2.05) is 17.8 Å². The van der Waals surface area contributed by atoms with Crippen molar-refractivity contribution in [3.8, 4) is 0 Å². The zero-order valence-electron chi connectivity index (χ0n) is 8.20. The highest BCUT2D eigenvalue weighted by atomic mass is 32.2. The van der Waals surface area contributed by atoms with Gasteiger partial charge in [-0.1, -0.05) is 18.2 Å². The van der Waals surface area contributed by atoms with E-state index in [4.69, 9.17) is 0 Å². The summed E-state index contributed by atoms with van der Waals surface area (Å²) in [6, 6.07) is 9.22. The Labute approximate surface area is 89.6 Å². The van der Waals surface area contributed by atoms with Crippen molar-refractivity contribution in [3.63, 3.8) is 0 Å². The third-order valence-corrected chi connectivity index (χ3v) is 3.25. The number of rotatable bonds is 5. The van der Waals surface area contributed by atoms with Gasteiger partial charge in [-0.15, -0.1) is 18.3 Å². The summed E-state index contributed by atoms with van der Waals surface area (Å²) >= 11 is 1.84. The topological polar surface area (TPSA) is 12.0 Å². The molecule has 0 amide bonds. The highest BCUT2D eigenvalue weighted by Crippen LogP contribution is 2.31. The zero-order valence-corrected chi connectivity index (χ0v) is 9.02. The number of benzene rings is 1. The summed E-state index contributed by atoms with van der Waals surface area (Å²) in [6.45, 7) is 3.74. The van der Waals surface area contributed by atoms with Gasteiger partial charge in [0.1, 0.15) is 0 Å². The van der Waals surface area contributed by atoms with E-state index in [-0.39, 0.29) is 0 Å². The van der Waals surface area contributed by atoms with Crippen molar-refractivity contribution in [1.29, 1.82) is 0 Å². The van der Waals surface area contributed by atoms with Crippen LogP contribution >= 0.6 is 11.8 Å². The second kappa shape index (κ2) is 4.56. The number of thioether (sulfide) groups is 1. The van der Waals surface area contributed by atoms with E-state index in [0.717, 1.165) is 11.8 Å². The third kappa shape index (κ3) is 2.55. The fourth-order valence-electron chi connectivity index (χ4n) is 1.31. The third-order valence-electron chi connectivity index (χ3n) is 2.18. The number of anilines is 1. The highest BCUT2D eigenvalue weighted by molar-refractivity contribution is 7.99. The van der Waals surface area contributed by atoms with Crippen LogP contribution in [0.3, 0.4) is 0 Å². The van der Waals surface area contributed by atoms with E-state index in [2.05, 4.69) is 36.2 Å². The van der Waals surface area contributed by atoms with E-state index in [9.17, 15) is 0 Å². The van der Waals surface area contributed by atoms with Crippen LogP contribution in [-0.4, -0.2) is 11.8 Å². The maximum Gasteiger partial charge on any atom is 0.0480 e. The molecule has 14 heavy (non-hydrogen) atoms. The lowest BCUT2D eigenvalue weighted by Gasteiger charge is -2.09. The number of hydrogen-bond donors (Lipinski definition) is 1. The second-order valence-corrected chi connectivity index (χ2v) is 4.58. The normalized spacial score (nSPS) is 15.1. The number of hydrogen-bond acceptors (Lipinski definition) is 2.